The van der Waals surface area contributed by atoms with E-state index >= 15 is 0 Å². The van der Waals surface area contributed by atoms with Gasteiger partial charge in [0.2, 0.25) is 0 Å². The summed E-state index contributed by atoms with van der Waals surface area (Å²) in [7, 11) is 0. The van der Waals surface area contributed by atoms with Gasteiger partial charge in [-0.05, 0) is 59.6 Å². The smallest absolute Gasteiger partial charge is 0.0992 e. The van der Waals surface area contributed by atoms with Crippen molar-refractivity contribution in [2.75, 3.05) is 18.8 Å². The normalized spacial score (nSPS) is 17.1. The van der Waals surface area contributed by atoms with Gasteiger partial charge in [-0.3, -0.25) is 4.90 Å². The first-order valence-electron chi connectivity index (χ1n) is 6.41. The molecule has 0 radical (unpaired) electrons. The van der Waals surface area contributed by atoms with Gasteiger partial charge in [0.1, 0.15) is 0 Å². The van der Waals surface area contributed by atoms with Crippen LogP contribution < -0.4 is 5.73 Å². The number of nitriles is 1. The molecule has 1 aromatic rings. The number of likely N-dealkylation sites (tertiary alicyclic amines) is 1. The second-order valence-electron chi connectivity index (χ2n) is 4.83. The first-order valence-corrected chi connectivity index (χ1v) is 7.20. The molecule has 1 aliphatic rings. The molecule has 1 fully saturated rings. The standard InChI is InChI=1S/C14H18BrN3/c15-13-8-11(9-16)7-12(14(13)17)10-18-5-3-1-2-4-6-18/h7-8H,1-6,10,17H2. The minimum atomic E-state index is 0.667. The van der Waals surface area contributed by atoms with Crippen LogP contribution in [0.15, 0.2) is 16.6 Å². The Morgan fingerprint density at radius 1 is 1.22 bits per heavy atom. The van der Waals surface area contributed by atoms with E-state index in [0.717, 1.165) is 35.4 Å². The van der Waals surface area contributed by atoms with Crippen LogP contribution in [-0.4, -0.2) is 18.0 Å². The van der Waals surface area contributed by atoms with Crippen molar-refractivity contribution in [1.82, 2.24) is 4.90 Å². The molecule has 0 aromatic heterocycles. The third-order valence-electron chi connectivity index (χ3n) is 3.44. The van der Waals surface area contributed by atoms with E-state index in [-0.39, 0.29) is 0 Å². The minimum absolute atomic E-state index is 0.667. The molecule has 0 spiro atoms. The van der Waals surface area contributed by atoms with E-state index in [1.807, 2.05) is 6.07 Å². The summed E-state index contributed by atoms with van der Waals surface area (Å²) in [5.74, 6) is 0. The molecule has 1 saturated heterocycles. The molecule has 2 rings (SSSR count). The summed E-state index contributed by atoms with van der Waals surface area (Å²) in [4.78, 5) is 2.44. The summed E-state index contributed by atoms with van der Waals surface area (Å²) < 4.78 is 0.825. The van der Waals surface area contributed by atoms with Gasteiger partial charge in [-0.25, -0.2) is 0 Å². The van der Waals surface area contributed by atoms with Crippen LogP contribution in [0.4, 0.5) is 5.69 Å². The van der Waals surface area contributed by atoms with E-state index in [4.69, 9.17) is 11.0 Å². The van der Waals surface area contributed by atoms with E-state index in [0.29, 0.717) is 5.56 Å². The number of nitrogens with zero attached hydrogens (tertiary/aromatic N) is 2. The average Bonchev–Trinajstić information content (AvgIpc) is 2.63. The fraction of sp³-hybridized carbons (Fsp3) is 0.500. The Morgan fingerprint density at radius 3 is 2.50 bits per heavy atom. The fourth-order valence-electron chi connectivity index (χ4n) is 2.41. The van der Waals surface area contributed by atoms with Gasteiger partial charge in [-0.1, -0.05) is 12.8 Å². The van der Waals surface area contributed by atoms with Crippen molar-refractivity contribution >= 4 is 21.6 Å². The second-order valence-corrected chi connectivity index (χ2v) is 5.69. The van der Waals surface area contributed by atoms with Crippen molar-refractivity contribution in [2.24, 2.45) is 0 Å². The Kier molecular flexibility index (Phi) is 4.62. The molecular formula is C14H18BrN3. The summed E-state index contributed by atoms with van der Waals surface area (Å²) in [6, 6.07) is 5.87. The van der Waals surface area contributed by atoms with Gasteiger partial charge in [0.05, 0.1) is 17.3 Å². The lowest BCUT2D eigenvalue weighted by Crippen LogP contribution is -2.24. The Hall–Kier alpha value is -1.05. The summed E-state index contributed by atoms with van der Waals surface area (Å²) in [5.41, 5.74) is 8.57. The van der Waals surface area contributed by atoms with Gasteiger partial charge < -0.3 is 5.73 Å². The van der Waals surface area contributed by atoms with E-state index in [9.17, 15) is 0 Å². The number of benzene rings is 1. The Morgan fingerprint density at radius 2 is 1.89 bits per heavy atom. The van der Waals surface area contributed by atoms with Crippen molar-refractivity contribution < 1.29 is 0 Å². The average molecular weight is 308 g/mol. The molecule has 0 atom stereocenters. The lowest BCUT2D eigenvalue weighted by Gasteiger charge is -2.21. The van der Waals surface area contributed by atoms with E-state index < -0.39 is 0 Å². The van der Waals surface area contributed by atoms with Crippen LogP contribution in [0.2, 0.25) is 0 Å². The van der Waals surface area contributed by atoms with E-state index in [2.05, 4.69) is 26.9 Å². The lowest BCUT2D eigenvalue weighted by molar-refractivity contribution is 0.277. The predicted molar refractivity (Wildman–Crippen MR) is 77.0 cm³/mol. The highest BCUT2D eigenvalue weighted by atomic mass is 79.9. The fourth-order valence-corrected chi connectivity index (χ4v) is 2.91. The zero-order valence-corrected chi connectivity index (χ0v) is 12.0. The molecule has 3 nitrogen and oxygen atoms in total. The number of hydrogen-bond donors (Lipinski definition) is 1. The molecule has 0 aliphatic carbocycles. The number of anilines is 1. The van der Waals surface area contributed by atoms with Gasteiger partial charge in [-0.2, -0.15) is 5.26 Å². The first kappa shape index (κ1) is 13.4. The topological polar surface area (TPSA) is 53.1 Å². The first-order chi connectivity index (χ1) is 8.70. The van der Waals surface area contributed by atoms with Crippen molar-refractivity contribution in [2.45, 2.75) is 32.2 Å². The van der Waals surface area contributed by atoms with E-state index in [1.54, 1.807) is 6.07 Å². The molecule has 1 heterocycles. The maximum atomic E-state index is 9.00. The molecule has 2 N–H and O–H groups in total. The van der Waals surface area contributed by atoms with Gasteiger partial charge in [0.25, 0.3) is 0 Å². The maximum Gasteiger partial charge on any atom is 0.0992 e. The van der Waals surface area contributed by atoms with Gasteiger partial charge in [0.15, 0.2) is 0 Å². The predicted octanol–water partition coefficient (Wildman–Crippen LogP) is 3.28. The highest BCUT2D eigenvalue weighted by Crippen LogP contribution is 2.27. The summed E-state index contributed by atoms with van der Waals surface area (Å²) in [6.45, 7) is 3.11. The van der Waals surface area contributed by atoms with Crippen molar-refractivity contribution in [3.8, 4) is 6.07 Å². The van der Waals surface area contributed by atoms with Crippen LogP contribution in [0.3, 0.4) is 0 Å². The number of nitrogens with two attached hydrogens (primary N) is 1. The van der Waals surface area contributed by atoms with Crippen LogP contribution >= 0.6 is 15.9 Å². The molecule has 0 bridgehead atoms. The van der Waals surface area contributed by atoms with Crippen LogP contribution in [0.5, 0.6) is 0 Å². The lowest BCUT2D eigenvalue weighted by atomic mass is 10.1. The van der Waals surface area contributed by atoms with Crippen LogP contribution in [0.25, 0.3) is 0 Å². The molecule has 0 unspecified atom stereocenters. The van der Waals surface area contributed by atoms with E-state index in [1.165, 1.54) is 25.7 Å². The Balaban J connectivity index is 2.17. The molecule has 18 heavy (non-hydrogen) atoms. The largest absolute Gasteiger partial charge is 0.398 e. The minimum Gasteiger partial charge on any atom is -0.398 e. The third kappa shape index (κ3) is 3.24. The van der Waals surface area contributed by atoms with Gasteiger partial charge >= 0.3 is 0 Å². The SMILES string of the molecule is N#Cc1cc(Br)c(N)c(CN2CCCCCC2)c1. The molecule has 1 aromatic carbocycles. The molecular weight excluding hydrogens is 290 g/mol. The van der Waals surface area contributed by atoms with Crippen LogP contribution in [0, 0.1) is 11.3 Å². The second kappa shape index (κ2) is 6.21. The number of hydrogen-bond acceptors (Lipinski definition) is 3. The van der Waals surface area contributed by atoms with Crippen LogP contribution in [0.1, 0.15) is 36.8 Å². The zero-order chi connectivity index (χ0) is 13.0. The highest BCUT2D eigenvalue weighted by molar-refractivity contribution is 9.10. The van der Waals surface area contributed by atoms with Gasteiger partial charge in [-0.15, -0.1) is 0 Å². The van der Waals surface area contributed by atoms with Gasteiger partial charge in [0, 0.05) is 11.0 Å². The van der Waals surface area contributed by atoms with Crippen molar-refractivity contribution in [3.63, 3.8) is 0 Å². The summed E-state index contributed by atoms with van der Waals surface area (Å²) in [6.07, 6.45) is 5.18. The highest BCUT2D eigenvalue weighted by Gasteiger charge is 2.13. The molecule has 96 valence electrons. The number of rotatable bonds is 2. The monoisotopic (exact) mass is 307 g/mol. The Labute approximate surface area is 117 Å². The molecule has 0 amide bonds. The molecule has 0 saturated carbocycles. The summed E-state index contributed by atoms with van der Waals surface area (Å²) >= 11 is 3.42. The van der Waals surface area contributed by atoms with Crippen molar-refractivity contribution in [3.05, 3.63) is 27.7 Å². The third-order valence-corrected chi connectivity index (χ3v) is 4.09. The quantitative estimate of drug-likeness (QED) is 0.853. The molecule has 4 heteroatoms. The summed E-state index contributed by atoms with van der Waals surface area (Å²) in [5, 5.41) is 9.00. The van der Waals surface area contributed by atoms with Crippen molar-refractivity contribution in [1.29, 1.82) is 5.26 Å². The number of halogens is 1. The molecule has 1 aliphatic heterocycles. The zero-order valence-electron chi connectivity index (χ0n) is 10.5. The Bertz CT molecular complexity index is 457. The van der Waals surface area contributed by atoms with Crippen LogP contribution in [-0.2, 0) is 6.54 Å². The number of nitrogen functional groups attached to an aromatic ring is 1. The maximum absolute atomic E-state index is 9.00.